The van der Waals surface area contributed by atoms with Gasteiger partial charge in [0.2, 0.25) is 0 Å². The molecule has 110 valence electrons. The van der Waals surface area contributed by atoms with E-state index in [1.165, 1.54) is 11.3 Å². The van der Waals surface area contributed by atoms with Gasteiger partial charge < -0.3 is 5.32 Å². The lowest BCUT2D eigenvalue weighted by Gasteiger charge is -2.16. The van der Waals surface area contributed by atoms with Crippen LogP contribution in [-0.4, -0.2) is 16.3 Å². The van der Waals surface area contributed by atoms with Crippen LogP contribution in [0.5, 0.6) is 0 Å². The summed E-state index contributed by atoms with van der Waals surface area (Å²) in [5.74, 6) is 0. The lowest BCUT2D eigenvalue weighted by atomic mass is 10.0. The summed E-state index contributed by atoms with van der Waals surface area (Å²) in [5, 5.41) is 7.92. The molecule has 0 spiro atoms. The van der Waals surface area contributed by atoms with Crippen molar-refractivity contribution in [2.75, 3.05) is 6.54 Å². The zero-order chi connectivity index (χ0) is 14.5. The summed E-state index contributed by atoms with van der Waals surface area (Å²) in [4.78, 5) is 0. The number of aromatic nitrogens is 2. The molecular formula is C14H19Cl2N3S. The van der Waals surface area contributed by atoms with Crippen LogP contribution in [0.2, 0.25) is 8.67 Å². The smallest absolute Gasteiger partial charge is 0.0995 e. The molecule has 0 saturated carbocycles. The van der Waals surface area contributed by atoms with Crippen molar-refractivity contribution in [3.8, 4) is 0 Å². The van der Waals surface area contributed by atoms with Crippen molar-refractivity contribution >= 4 is 34.5 Å². The highest BCUT2D eigenvalue weighted by molar-refractivity contribution is 7.20. The monoisotopic (exact) mass is 331 g/mol. The van der Waals surface area contributed by atoms with E-state index in [-0.39, 0.29) is 6.04 Å². The number of nitrogens with one attached hydrogen (secondary N) is 1. The standard InChI is InChI=1S/C14H19Cl2N3S/c1-3-5-17-13(11-7-12(15)20-14(11)16)10-8-18-19(9-10)6-4-2/h7-9,13,17H,3-6H2,1-2H3. The first-order chi connectivity index (χ1) is 9.65. The molecule has 0 radical (unpaired) electrons. The summed E-state index contributed by atoms with van der Waals surface area (Å²) in [6, 6.07) is 2.00. The van der Waals surface area contributed by atoms with Gasteiger partial charge in [0.15, 0.2) is 0 Å². The van der Waals surface area contributed by atoms with E-state index in [1.54, 1.807) is 0 Å². The Balaban J connectivity index is 2.28. The molecule has 0 aromatic carbocycles. The average molecular weight is 332 g/mol. The Bertz CT molecular complexity index is 550. The average Bonchev–Trinajstić information content (AvgIpc) is 2.98. The van der Waals surface area contributed by atoms with Crippen molar-refractivity contribution in [2.45, 2.75) is 39.3 Å². The molecule has 3 nitrogen and oxygen atoms in total. The fraction of sp³-hybridized carbons (Fsp3) is 0.500. The van der Waals surface area contributed by atoms with Gasteiger partial charge >= 0.3 is 0 Å². The maximum atomic E-state index is 6.30. The van der Waals surface area contributed by atoms with Crippen LogP contribution in [0.3, 0.4) is 0 Å². The molecule has 0 bridgehead atoms. The van der Waals surface area contributed by atoms with Crippen LogP contribution in [0.25, 0.3) is 0 Å². The van der Waals surface area contributed by atoms with E-state index in [9.17, 15) is 0 Å². The molecule has 1 N–H and O–H groups in total. The summed E-state index contributed by atoms with van der Waals surface area (Å²) in [5.41, 5.74) is 2.16. The van der Waals surface area contributed by atoms with E-state index in [4.69, 9.17) is 23.2 Å². The molecule has 2 aromatic rings. The highest BCUT2D eigenvalue weighted by Gasteiger charge is 2.20. The van der Waals surface area contributed by atoms with Crippen molar-refractivity contribution in [3.05, 3.63) is 38.3 Å². The van der Waals surface area contributed by atoms with Crippen LogP contribution < -0.4 is 5.32 Å². The van der Waals surface area contributed by atoms with Crippen LogP contribution in [-0.2, 0) is 6.54 Å². The van der Waals surface area contributed by atoms with Crippen molar-refractivity contribution in [3.63, 3.8) is 0 Å². The second kappa shape index (κ2) is 7.46. The molecule has 0 aliphatic heterocycles. The van der Waals surface area contributed by atoms with Crippen molar-refractivity contribution in [1.29, 1.82) is 0 Å². The Labute approximate surface area is 133 Å². The highest BCUT2D eigenvalue weighted by Crippen LogP contribution is 2.37. The summed E-state index contributed by atoms with van der Waals surface area (Å²) >= 11 is 13.8. The third kappa shape index (κ3) is 3.76. The minimum atomic E-state index is 0.0526. The first-order valence-corrected chi connectivity index (χ1v) is 8.43. The molecular weight excluding hydrogens is 313 g/mol. The Morgan fingerprint density at radius 3 is 2.75 bits per heavy atom. The molecule has 2 rings (SSSR count). The van der Waals surface area contributed by atoms with E-state index in [1.807, 2.05) is 16.9 Å². The number of rotatable bonds is 7. The second-order valence-corrected chi connectivity index (χ2v) is 6.99. The number of aryl methyl sites for hydroxylation is 1. The van der Waals surface area contributed by atoms with E-state index in [0.29, 0.717) is 4.34 Å². The van der Waals surface area contributed by atoms with Crippen LogP contribution in [0.15, 0.2) is 18.5 Å². The fourth-order valence-electron chi connectivity index (χ4n) is 2.13. The highest BCUT2D eigenvalue weighted by atomic mass is 35.5. The molecule has 0 fully saturated rings. The molecule has 2 aromatic heterocycles. The van der Waals surface area contributed by atoms with Crippen molar-refractivity contribution in [2.24, 2.45) is 0 Å². The largest absolute Gasteiger partial charge is 0.306 e. The van der Waals surface area contributed by atoms with Gasteiger partial charge in [-0.2, -0.15) is 5.10 Å². The van der Waals surface area contributed by atoms with Gasteiger partial charge in [-0.15, -0.1) is 11.3 Å². The number of halogens is 2. The molecule has 20 heavy (non-hydrogen) atoms. The minimum Gasteiger partial charge on any atom is -0.306 e. The number of nitrogens with zero attached hydrogens (tertiary/aromatic N) is 2. The van der Waals surface area contributed by atoms with E-state index in [0.717, 1.165) is 41.4 Å². The Morgan fingerprint density at radius 2 is 2.15 bits per heavy atom. The Morgan fingerprint density at radius 1 is 1.35 bits per heavy atom. The molecule has 2 heterocycles. The van der Waals surface area contributed by atoms with E-state index >= 15 is 0 Å². The number of hydrogen-bond donors (Lipinski definition) is 1. The number of hydrogen-bond acceptors (Lipinski definition) is 3. The third-order valence-corrected chi connectivity index (χ3v) is 4.55. The van der Waals surface area contributed by atoms with Crippen molar-refractivity contribution in [1.82, 2.24) is 15.1 Å². The normalized spacial score (nSPS) is 12.8. The SMILES string of the molecule is CCCNC(c1cnn(CCC)c1)c1cc(Cl)sc1Cl. The quantitative estimate of drug-likeness (QED) is 0.793. The zero-order valence-electron chi connectivity index (χ0n) is 11.7. The molecule has 0 saturated heterocycles. The van der Waals surface area contributed by atoms with Gasteiger partial charge in [0.05, 0.1) is 20.9 Å². The summed E-state index contributed by atoms with van der Waals surface area (Å²) < 4.78 is 3.43. The predicted octanol–water partition coefficient (Wildman–Crippen LogP) is 4.75. The van der Waals surface area contributed by atoms with Gasteiger partial charge in [0.1, 0.15) is 0 Å². The zero-order valence-corrected chi connectivity index (χ0v) is 14.0. The summed E-state index contributed by atoms with van der Waals surface area (Å²) in [6.45, 7) is 6.14. The van der Waals surface area contributed by atoms with Gasteiger partial charge in [0, 0.05) is 23.9 Å². The molecule has 0 aliphatic carbocycles. The van der Waals surface area contributed by atoms with E-state index in [2.05, 4.69) is 30.5 Å². The number of thiophene rings is 1. The second-order valence-electron chi connectivity index (χ2n) is 4.70. The molecule has 1 atom stereocenters. The Hall–Kier alpha value is -0.550. The maximum Gasteiger partial charge on any atom is 0.0995 e. The summed E-state index contributed by atoms with van der Waals surface area (Å²) in [6.07, 6.45) is 6.12. The summed E-state index contributed by atoms with van der Waals surface area (Å²) in [7, 11) is 0. The Kier molecular flexibility index (Phi) is 5.90. The topological polar surface area (TPSA) is 29.9 Å². The third-order valence-electron chi connectivity index (χ3n) is 3.03. The molecule has 0 aliphatic rings. The van der Waals surface area contributed by atoms with Crippen LogP contribution in [0.1, 0.15) is 43.9 Å². The van der Waals surface area contributed by atoms with Crippen LogP contribution >= 0.6 is 34.5 Å². The molecule has 0 amide bonds. The molecule has 6 heteroatoms. The van der Waals surface area contributed by atoms with Gasteiger partial charge in [-0.25, -0.2) is 0 Å². The van der Waals surface area contributed by atoms with Gasteiger partial charge in [-0.1, -0.05) is 37.0 Å². The first-order valence-electron chi connectivity index (χ1n) is 6.86. The lowest BCUT2D eigenvalue weighted by molar-refractivity contribution is 0.589. The van der Waals surface area contributed by atoms with Gasteiger partial charge in [-0.05, 0) is 25.5 Å². The van der Waals surface area contributed by atoms with Gasteiger partial charge in [0.25, 0.3) is 0 Å². The van der Waals surface area contributed by atoms with Crippen molar-refractivity contribution < 1.29 is 0 Å². The van der Waals surface area contributed by atoms with E-state index < -0.39 is 0 Å². The predicted molar refractivity (Wildman–Crippen MR) is 87.0 cm³/mol. The molecule has 1 unspecified atom stereocenters. The fourth-order valence-corrected chi connectivity index (χ4v) is 3.66. The minimum absolute atomic E-state index is 0.0526. The lowest BCUT2D eigenvalue weighted by Crippen LogP contribution is -2.22. The maximum absolute atomic E-state index is 6.30. The van der Waals surface area contributed by atoms with Crippen LogP contribution in [0.4, 0.5) is 0 Å². The first kappa shape index (κ1) is 15.8. The van der Waals surface area contributed by atoms with Crippen LogP contribution in [0, 0.1) is 0 Å². The van der Waals surface area contributed by atoms with Gasteiger partial charge in [-0.3, -0.25) is 4.68 Å².